The molecule has 2 nitrogen and oxygen atoms in total. The standard InChI is InChI=1S/C14H19BrO2/c15-13-9-10-5-2-1-3-6-11(10)12(14(13)17)7-4-8-16/h9,16-17H,1-8H2. The Bertz CT molecular complexity index is 402. The van der Waals surface area contributed by atoms with Gasteiger partial charge in [0.2, 0.25) is 0 Å². The number of aliphatic hydroxyl groups excluding tert-OH is 1. The molecule has 0 saturated heterocycles. The Kier molecular flexibility index (Phi) is 4.46. The largest absolute Gasteiger partial charge is 0.506 e. The van der Waals surface area contributed by atoms with E-state index in [1.165, 1.54) is 30.4 Å². The van der Waals surface area contributed by atoms with Crippen molar-refractivity contribution in [2.45, 2.75) is 44.9 Å². The topological polar surface area (TPSA) is 40.5 Å². The number of aliphatic hydroxyl groups is 1. The highest BCUT2D eigenvalue weighted by molar-refractivity contribution is 9.10. The fourth-order valence-corrected chi connectivity index (χ4v) is 3.16. The number of aryl methyl sites for hydroxylation is 1. The molecule has 0 saturated carbocycles. The summed E-state index contributed by atoms with van der Waals surface area (Å²) in [6.07, 6.45) is 7.38. The van der Waals surface area contributed by atoms with E-state index in [4.69, 9.17) is 5.11 Å². The summed E-state index contributed by atoms with van der Waals surface area (Å²) in [6.45, 7) is 0.181. The molecule has 17 heavy (non-hydrogen) atoms. The van der Waals surface area contributed by atoms with Gasteiger partial charge in [0.1, 0.15) is 5.75 Å². The first-order valence-corrected chi connectivity index (χ1v) is 7.16. The summed E-state index contributed by atoms with van der Waals surface area (Å²) < 4.78 is 0.797. The van der Waals surface area contributed by atoms with Crippen molar-refractivity contribution in [1.82, 2.24) is 0 Å². The second-order valence-corrected chi connectivity index (χ2v) is 5.57. The van der Waals surface area contributed by atoms with Gasteiger partial charge in [-0.05, 0) is 77.2 Å². The van der Waals surface area contributed by atoms with Crippen LogP contribution in [0.2, 0.25) is 0 Å². The van der Waals surface area contributed by atoms with Gasteiger partial charge in [0, 0.05) is 6.61 Å². The minimum absolute atomic E-state index is 0.181. The molecular weight excluding hydrogens is 280 g/mol. The minimum Gasteiger partial charge on any atom is -0.506 e. The van der Waals surface area contributed by atoms with Gasteiger partial charge in [-0.3, -0.25) is 0 Å². The third-order valence-corrected chi connectivity index (χ3v) is 4.13. The number of aromatic hydroxyl groups is 1. The maximum Gasteiger partial charge on any atom is 0.133 e. The molecule has 94 valence electrons. The van der Waals surface area contributed by atoms with E-state index in [-0.39, 0.29) is 6.61 Å². The molecule has 0 spiro atoms. The van der Waals surface area contributed by atoms with Crippen molar-refractivity contribution < 1.29 is 10.2 Å². The number of fused-ring (bicyclic) bond motifs is 1. The second kappa shape index (κ2) is 5.87. The van der Waals surface area contributed by atoms with E-state index in [0.717, 1.165) is 35.7 Å². The molecule has 0 unspecified atom stereocenters. The number of benzene rings is 1. The molecule has 0 bridgehead atoms. The smallest absolute Gasteiger partial charge is 0.133 e. The summed E-state index contributed by atoms with van der Waals surface area (Å²) in [5.74, 6) is 0.374. The fourth-order valence-electron chi connectivity index (χ4n) is 2.64. The first-order valence-electron chi connectivity index (χ1n) is 6.37. The van der Waals surface area contributed by atoms with Crippen LogP contribution in [0.25, 0.3) is 0 Å². The highest BCUT2D eigenvalue weighted by atomic mass is 79.9. The zero-order valence-corrected chi connectivity index (χ0v) is 11.6. The highest BCUT2D eigenvalue weighted by Crippen LogP contribution is 2.36. The second-order valence-electron chi connectivity index (χ2n) is 4.71. The molecule has 1 aliphatic carbocycles. The van der Waals surface area contributed by atoms with Crippen molar-refractivity contribution in [2.75, 3.05) is 6.61 Å². The van der Waals surface area contributed by atoms with Crippen LogP contribution in [0.5, 0.6) is 5.75 Å². The number of hydrogen-bond acceptors (Lipinski definition) is 2. The Morgan fingerprint density at radius 2 is 1.94 bits per heavy atom. The molecule has 0 aliphatic heterocycles. The molecule has 0 aromatic heterocycles. The summed E-state index contributed by atoms with van der Waals surface area (Å²) in [6, 6.07) is 2.07. The van der Waals surface area contributed by atoms with Crippen LogP contribution in [0.1, 0.15) is 42.4 Å². The summed E-state index contributed by atoms with van der Waals surface area (Å²) in [4.78, 5) is 0. The van der Waals surface area contributed by atoms with E-state index >= 15 is 0 Å². The Hall–Kier alpha value is -0.540. The zero-order valence-electron chi connectivity index (χ0n) is 10.0. The zero-order chi connectivity index (χ0) is 12.3. The molecule has 0 amide bonds. The van der Waals surface area contributed by atoms with Gasteiger partial charge < -0.3 is 10.2 Å². The van der Waals surface area contributed by atoms with E-state index in [0.29, 0.717) is 5.75 Å². The lowest BCUT2D eigenvalue weighted by atomic mass is 9.93. The molecule has 2 rings (SSSR count). The molecule has 1 aliphatic rings. The van der Waals surface area contributed by atoms with Gasteiger partial charge >= 0.3 is 0 Å². The molecule has 0 fully saturated rings. The van der Waals surface area contributed by atoms with Crippen molar-refractivity contribution in [3.63, 3.8) is 0 Å². The van der Waals surface area contributed by atoms with Gasteiger partial charge in [-0.15, -0.1) is 0 Å². The van der Waals surface area contributed by atoms with Crippen LogP contribution in [0.4, 0.5) is 0 Å². The number of hydrogen-bond donors (Lipinski definition) is 2. The first kappa shape index (κ1) is 12.9. The molecular formula is C14H19BrO2. The van der Waals surface area contributed by atoms with Crippen molar-refractivity contribution in [1.29, 1.82) is 0 Å². The third kappa shape index (κ3) is 2.83. The van der Waals surface area contributed by atoms with E-state index in [1.54, 1.807) is 0 Å². The third-order valence-electron chi connectivity index (χ3n) is 3.52. The normalized spacial score (nSPS) is 15.4. The molecule has 0 radical (unpaired) electrons. The predicted octanol–water partition coefficient (Wildman–Crippen LogP) is 3.35. The lowest BCUT2D eigenvalue weighted by Crippen LogP contribution is -2.01. The van der Waals surface area contributed by atoms with Crippen molar-refractivity contribution >= 4 is 15.9 Å². The Balaban J connectivity index is 2.42. The van der Waals surface area contributed by atoms with Crippen molar-refractivity contribution in [2.24, 2.45) is 0 Å². The van der Waals surface area contributed by atoms with Crippen LogP contribution in [0.3, 0.4) is 0 Å². The summed E-state index contributed by atoms with van der Waals surface area (Å²) >= 11 is 3.43. The Labute approximate surface area is 111 Å². The molecule has 3 heteroatoms. The number of phenols is 1. The average Bonchev–Trinajstić information content (AvgIpc) is 2.55. The summed E-state index contributed by atoms with van der Waals surface area (Å²) in [5.41, 5.74) is 3.75. The molecule has 1 aromatic rings. The van der Waals surface area contributed by atoms with Gasteiger partial charge in [0.15, 0.2) is 0 Å². The summed E-state index contributed by atoms with van der Waals surface area (Å²) in [5, 5.41) is 19.1. The first-order chi connectivity index (χ1) is 8.24. The number of rotatable bonds is 3. The average molecular weight is 299 g/mol. The quantitative estimate of drug-likeness (QED) is 0.840. The van der Waals surface area contributed by atoms with Gasteiger partial charge in [-0.2, -0.15) is 0 Å². The Morgan fingerprint density at radius 1 is 1.18 bits per heavy atom. The number of halogens is 1. The fraction of sp³-hybridized carbons (Fsp3) is 0.571. The van der Waals surface area contributed by atoms with Gasteiger partial charge in [-0.25, -0.2) is 0 Å². The van der Waals surface area contributed by atoms with E-state index in [9.17, 15) is 5.11 Å². The predicted molar refractivity (Wildman–Crippen MR) is 72.5 cm³/mol. The van der Waals surface area contributed by atoms with Gasteiger partial charge in [-0.1, -0.05) is 6.42 Å². The maximum atomic E-state index is 10.1. The van der Waals surface area contributed by atoms with Crippen LogP contribution in [0, 0.1) is 0 Å². The van der Waals surface area contributed by atoms with Crippen LogP contribution >= 0.6 is 15.9 Å². The monoisotopic (exact) mass is 298 g/mol. The maximum absolute atomic E-state index is 10.1. The molecule has 2 N–H and O–H groups in total. The summed E-state index contributed by atoms with van der Waals surface area (Å²) in [7, 11) is 0. The van der Waals surface area contributed by atoms with Crippen LogP contribution in [-0.4, -0.2) is 16.8 Å². The number of phenolic OH excluding ortho intramolecular Hbond substituents is 1. The van der Waals surface area contributed by atoms with E-state index in [1.807, 2.05) is 0 Å². The van der Waals surface area contributed by atoms with Crippen molar-refractivity contribution in [3.8, 4) is 5.75 Å². The SMILES string of the molecule is OCCCc1c(O)c(Br)cc2c1CCCCC2. The molecule has 0 atom stereocenters. The Morgan fingerprint density at radius 3 is 2.71 bits per heavy atom. The lowest BCUT2D eigenvalue weighted by Gasteiger charge is -2.15. The van der Waals surface area contributed by atoms with Crippen LogP contribution in [0.15, 0.2) is 10.5 Å². The lowest BCUT2D eigenvalue weighted by molar-refractivity contribution is 0.288. The van der Waals surface area contributed by atoms with Crippen LogP contribution in [-0.2, 0) is 19.3 Å². The van der Waals surface area contributed by atoms with Gasteiger partial charge in [0.25, 0.3) is 0 Å². The molecule has 1 aromatic carbocycles. The van der Waals surface area contributed by atoms with Crippen molar-refractivity contribution in [3.05, 3.63) is 27.2 Å². The van der Waals surface area contributed by atoms with E-state index < -0.39 is 0 Å². The van der Waals surface area contributed by atoms with E-state index in [2.05, 4.69) is 22.0 Å². The van der Waals surface area contributed by atoms with Gasteiger partial charge in [0.05, 0.1) is 4.47 Å². The minimum atomic E-state index is 0.181. The van der Waals surface area contributed by atoms with Crippen LogP contribution < -0.4 is 0 Å². The highest BCUT2D eigenvalue weighted by Gasteiger charge is 2.17. The molecule has 0 heterocycles.